The molecule has 0 aliphatic rings. The maximum Gasteiger partial charge on any atom is 0.332 e. The Labute approximate surface area is 121 Å². The number of halogens is 1. The standard InChI is InChI=1S/C13H17ClN2O4/c14-10-3-1-9(2-4-10)5-7-15-13(20)16-8-6-11(17)12(18)19/h1-4,11,17H,5-8H2,(H,18,19)(H2,15,16,20)/t11-/m0/s1. The van der Waals surface area contributed by atoms with Crippen LogP contribution in [0, 0.1) is 0 Å². The van der Waals surface area contributed by atoms with E-state index in [1.807, 2.05) is 12.1 Å². The second-order valence-electron chi connectivity index (χ2n) is 4.20. The van der Waals surface area contributed by atoms with E-state index in [1.54, 1.807) is 12.1 Å². The van der Waals surface area contributed by atoms with Crippen LogP contribution in [0.15, 0.2) is 24.3 Å². The number of aliphatic carboxylic acids is 1. The predicted octanol–water partition coefficient (Wildman–Crippen LogP) is 1.02. The first kappa shape index (κ1) is 16.3. The molecule has 0 bridgehead atoms. The van der Waals surface area contributed by atoms with Crippen molar-refractivity contribution in [3.63, 3.8) is 0 Å². The van der Waals surface area contributed by atoms with E-state index >= 15 is 0 Å². The van der Waals surface area contributed by atoms with Crippen molar-refractivity contribution in [2.24, 2.45) is 0 Å². The summed E-state index contributed by atoms with van der Waals surface area (Å²) in [6.07, 6.45) is -0.813. The van der Waals surface area contributed by atoms with Gasteiger partial charge in [-0.1, -0.05) is 23.7 Å². The van der Waals surface area contributed by atoms with Gasteiger partial charge >= 0.3 is 12.0 Å². The molecule has 0 saturated heterocycles. The van der Waals surface area contributed by atoms with Gasteiger partial charge in [0.05, 0.1) is 0 Å². The van der Waals surface area contributed by atoms with Crippen molar-refractivity contribution in [3.05, 3.63) is 34.9 Å². The summed E-state index contributed by atoms with van der Waals surface area (Å²) in [6.45, 7) is 0.551. The van der Waals surface area contributed by atoms with Gasteiger partial charge in [-0.25, -0.2) is 9.59 Å². The number of aliphatic hydroxyl groups is 1. The minimum Gasteiger partial charge on any atom is -0.479 e. The first-order valence-corrected chi connectivity index (χ1v) is 6.54. The number of carboxylic acid groups (broad SMARTS) is 1. The van der Waals surface area contributed by atoms with Crippen molar-refractivity contribution in [2.75, 3.05) is 13.1 Å². The Kier molecular flexibility index (Phi) is 6.83. The van der Waals surface area contributed by atoms with Gasteiger partial charge < -0.3 is 20.8 Å². The maximum atomic E-state index is 11.4. The Morgan fingerprint density at radius 2 is 1.75 bits per heavy atom. The molecule has 0 fully saturated rings. The fourth-order valence-corrected chi connectivity index (χ4v) is 1.61. The summed E-state index contributed by atoms with van der Waals surface area (Å²) in [7, 11) is 0. The number of benzene rings is 1. The summed E-state index contributed by atoms with van der Waals surface area (Å²) < 4.78 is 0. The van der Waals surface area contributed by atoms with Gasteiger partial charge in [-0.05, 0) is 24.1 Å². The Balaban J connectivity index is 2.14. The van der Waals surface area contributed by atoms with E-state index in [9.17, 15) is 9.59 Å². The van der Waals surface area contributed by atoms with E-state index < -0.39 is 18.1 Å². The summed E-state index contributed by atoms with van der Waals surface area (Å²) in [6, 6.07) is 6.93. The molecule has 0 aliphatic carbocycles. The second-order valence-corrected chi connectivity index (χ2v) is 4.64. The molecule has 1 aromatic rings. The van der Waals surface area contributed by atoms with Crippen LogP contribution in [0.2, 0.25) is 5.02 Å². The molecule has 2 amide bonds. The quantitative estimate of drug-likeness (QED) is 0.604. The number of amides is 2. The lowest BCUT2D eigenvalue weighted by Gasteiger charge is -2.09. The smallest absolute Gasteiger partial charge is 0.332 e. The SMILES string of the molecule is O=C(NCCc1ccc(Cl)cc1)NCC[C@H](O)C(=O)O. The fraction of sp³-hybridized carbons (Fsp3) is 0.385. The van der Waals surface area contributed by atoms with Gasteiger partial charge in [0.1, 0.15) is 0 Å². The number of urea groups is 1. The molecule has 1 atom stereocenters. The first-order valence-electron chi connectivity index (χ1n) is 6.16. The summed E-state index contributed by atoms with van der Waals surface area (Å²) >= 11 is 5.76. The predicted molar refractivity (Wildman–Crippen MR) is 74.8 cm³/mol. The molecule has 4 N–H and O–H groups in total. The molecular formula is C13H17ClN2O4. The third-order valence-electron chi connectivity index (χ3n) is 2.60. The summed E-state index contributed by atoms with van der Waals surface area (Å²) in [5.74, 6) is -1.30. The van der Waals surface area contributed by atoms with E-state index in [-0.39, 0.29) is 13.0 Å². The monoisotopic (exact) mass is 300 g/mol. The Bertz CT molecular complexity index is 450. The molecular weight excluding hydrogens is 284 g/mol. The highest BCUT2D eigenvalue weighted by Gasteiger charge is 2.12. The topological polar surface area (TPSA) is 98.7 Å². The minimum atomic E-state index is -1.45. The number of rotatable bonds is 7. The molecule has 0 unspecified atom stereocenters. The summed E-state index contributed by atoms with van der Waals surface area (Å²) in [4.78, 5) is 21.7. The van der Waals surface area contributed by atoms with Crippen LogP contribution in [0.5, 0.6) is 0 Å². The van der Waals surface area contributed by atoms with Crippen molar-refractivity contribution in [1.29, 1.82) is 0 Å². The first-order chi connectivity index (χ1) is 9.49. The number of carboxylic acids is 1. The van der Waals surface area contributed by atoms with E-state index in [0.717, 1.165) is 5.56 Å². The summed E-state index contributed by atoms with van der Waals surface area (Å²) in [5.41, 5.74) is 1.05. The molecule has 1 rings (SSSR count). The van der Waals surface area contributed by atoms with Gasteiger partial charge in [-0.2, -0.15) is 0 Å². The second kappa shape index (κ2) is 8.39. The zero-order valence-electron chi connectivity index (χ0n) is 10.8. The number of hydrogen-bond acceptors (Lipinski definition) is 3. The average molecular weight is 301 g/mol. The molecule has 0 aliphatic heterocycles. The maximum absolute atomic E-state index is 11.4. The lowest BCUT2D eigenvalue weighted by Crippen LogP contribution is -2.38. The van der Waals surface area contributed by atoms with E-state index in [4.69, 9.17) is 21.8 Å². The van der Waals surface area contributed by atoms with Crippen LogP contribution in [0.1, 0.15) is 12.0 Å². The minimum absolute atomic E-state index is 0.0278. The lowest BCUT2D eigenvalue weighted by molar-refractivity contribution is -0.146. The van der Waals surface area contributed by atoms with Gasteiger partial charge in [0.2, 0.25) is 0 Å². The molecule has 0 radical (unpaired) electrons. The van der Waals surface area contributed by atoms with Crippen LogP contribution >= 0.6 is 11.6 Å². The van der Waals surface area contributed by atoms with Crippen LogP contribution in [-0.4, -0.2) is 41.4 Å². The normalized spacial score (nSPS) is 11.7. The Morgan fingerprint density at radius 3 is 2.35 bits per heavy atom. The van der Waals surface area contributed by atoms with Crippen LogP contribution in [0.3, 0.4) is 0 Å². The third kappa shape index (κ3) is 6.40. The summed E-state index contributed by atoms with van der Waals surface area (Å²) in [5, 5.41) is 23.2. The van der Waals surface area contributed by atoms with Crippen molar-refractivity contribution >= 4 is 23.6 Å². The number of aliphatic hydroxyl groups excluding tert-OH is 1. The molecule has 7 heteroatoms. The van der Waals surface area contributed by atoms with Crippen molar-refractivity contribution in [3.8, 4) is 0 Å². The van der Waals surface area contributed by atoms with E-state index in [1.165, 1.54) is 0 Å². The van der Waals surface area contributed by atoms with Gasteiger partial charge in [0.15, 0.2) is 6.10 Å². The Morgan fingerprint density at radius 1 is 1.15 bits per heavy atom. The number of carbonyl (C=O) groups is 2. The van der Waals surface area contributed by atoms with Gasteiger partial charge in [-0.15, -0.1) is 0 Å². The zero-order valence-corrected chi connectivity index (χ0v) is 11.6. The number of hydrogen-bond donors (Lipinski definition) is 4. The van der Waals surface area contributed by atoms with Crippen LogP contribution in [0.25, 0.3) is 0 Å². The highest BCUT2D eigenvalue weighted by atomic mass is 35.5. The Hall–Kier alpha value is -1.79. The third-order valence-corrected chi connectivity index (χ3v) is 2.85. The van der Waals surface area contributed by atoms with Crippen LogP contribution < -0.4 is 10.6 Å². The molecule has 1 aromatic carbocycles. The van der Waals surface area contributed by atoms with Crippen molar-refractivity contribution < 1.29 is 19.8 Å². The molecule has 0 saturated carbocycles. The molecule has 20 heavy (non-hydrogen) atoms. The van der Waals surface area contributed by atoms with E-state index in [0.29, 0.717) is 18.0 Å². The van der Waals surface area contributed by atoms with Gasteiger partial charge in [-0.3, -0.25) is 0 Å². The molecule has 0 heterocycles. The average Bonchev–Trinajstić information content (AvgIpc) is 2.40. The van der Waals surface area contributed by atoms with Crippen molar-refractivity contribution in [2.45, 2.75) is 18.9 Å². The zero-order chi connectivity index (χ0) is 15.0. The molecule has 0 spiro atoms. The largest absolute Gasteiger partial charge is 0.479 e. The lowest BCUT2D eigenvalue weighted by atomic mass is 10.1. The fourth-order valence-electron chi connectivity index (χ4n) is 1.48. The number of nitrogens with one attached hydrogen (secondary N) is 2. The molecule has 6 nitrogen and oxygen atoms in total. The van der Waals surface area contributed by atoms with Crippen molar-refractivity contribution in [1.82, 2.24) is 10.6 Å². The van der Waals surface area contributed by atoms with Crippen LogP contribution in [-0.2, 0) is 11.2 Å². The van der Waals surface area contributed by atoms with E-state index in [2.05, 4.69) is 10.6 Å². The highest BCUT2D eigenvalue weighted by Crippen LogP contribution is 2.09. The highest BCUT2D eigenvalue weighted by molar-refractivity contribution is 6.30. The van der Waals surface area contributed by atoms with Gasteiger partial charge in [0.25, 0.3) is 0 Å². The van der Waals surface area contributed by atoms with Gasteiger partial charge in [0, 0.05) is 24.5 Å². The number of carbonyl (C=O) groups excluding carboxylic acids is 1. The molecule has 110 valence electrons. The molecule has 0 aromatic heterocycles. The van der Waals surface area contributed by atoms with Crippen LogP contribution in [0.4, 0.5) is 4.79 Å².